The molecule has 1 aliphatic carbocycles. The van der Waals surface area contributed by atoms with Gasteiger partial charge in [0.25, 0.3) is 0 Å². The van der Waals surface area contributed by atoms with Crippen LogP contribution in [-0.4, -0.2) is 47.1 Å². The molecule has 0 aliphatic heterocycles. The van der Waals surface area contributed by atoms with Crippen LogP contribution in [0.15, 0.2) is 16.7 Å². The van der Waals surface area contributed by atoms with Crippen LogP contribution in [0.4, 0.5) is 5.82 Å². The summed E-state index contributed by atoms with van der Waals surface area (Å²) in [5.41, 5.74) is 0.193. The van der Waals surface area contributed by atoms with Crippen molar-refractivity contribution in [3.63, 3.8) is 0 Å². The lowest BCUT2D eigenvalue weighted by Crippen LogP contribution is -2.27. The second kappa shape index (κ2) is 5.67. The molecule has 1 aromatic rings. The van der Waals surface area contributed by atoms with Crippen molar-refractivity contribution in [3.8, 4) is 0 Å². The highest BCUT2D eigenvalue weighted by atomic mass is 79.9. The zero-order chi connectivity index (χ0) is 13.1. The van der Waals surface area contributed by atoms with Gasteiger partial charge in [-0.05, 0) is 41.9 Å². The smallest absolute Gasteiger partial charge is 0.339 e. The summed E-state index contributed by atoms with van der Waals surface area (Å²) in [5, 5.41) is 12.2. The van der Waals surface area contributed by atoms with E-state index < -0.39 is 5.97 Å². The molecule has 0 radical (unpaired) electrons. The van der Waals surface area contributed by atoms with Gasteiger partial charge in [0.2, 0.25) is 0 Å². The number of nitrogens with one attached hydrogen (secondary N) is 1. The maximum Gasteiger partial charge on any atom is 0.339 e. The zero-order valence-corrected chi connectivity index (χ0v) is 11.8. The fourth-order valence-corrected chi connectivity index (χ4v) is 2.12. The zero-order valence-electron chi connectivity index (χ0n) is 10.2. The Morgan fingerprint density at radius 1 is 1.67 bits per heavy atom. The lowest BCUT2D eigenvalue weighted by molar-refractivity contribution is 0.0697. The van der Waals surface area contributed by atoms with Crippen LogP contribution in [0.3, 0.4) is 0 Å². The van der Waals surface area contributed by atoms with E-state index in [-0.39, 0.29) is 5.56 Å². The minimum Gasteiger partial charge on any atom is -0.478 e. The summed E-state index contributed by atoms with van der Waals surface area (Å²) < 4.78 is 0.667. The third-order valence-corrected chi connectivity index (χ3v) is 3.45. The van der Waals surface area contributed by atoms with Crippen LogP contribution in [0.5, 0.6) is 0 Å². The van der Waals surface area contributed by atoms with Gasteiger partial charge in [-0.25, -0.2) is 9.78 Å². The second-order valence-electron chi connectivity index (χ2n) is 4.49. The van der Waals surface area contributed by atoms with Gasteiger partial charge < -0.3 is 15.3 Å². The molecule has 0 saturated heterocycles. The summed E-state index contributed by atoms with van der Waals surface area (Å²) in [6.07, 6.45) is 4.14. The minimum atomic E-state index is -0.971. The Bertz CT molecular complexity index is 449. The SMILES string of the molecule is CN(CCNc1ncc(Br)cc1C(=O)O)C1CC1. The van der Waals surface area contributed by atoms with Crippen molar-refractivity contribution in [2.24, 2.45) is 0 Å². The van der Waals surface area contributed by atoms with Crippen molar-refractivity contribution in [2.45, 2.75) is 18.9 Å². The van der Waals surface area contributed by atoms with E-state index in [2.05, 4.69) is 38.2 Å². The van der Waals surface area contributed by atoms with E-state index in [1.807, 2.05) is 0 Å². The number of nitrogens with zero attached hydrogens (tertiary/aromatic N) is 2. The van der Waals surface area contributed by atoms with E-state index in [1.54, 1.807) is 12.3 Å². The average Bonchev–Trinajstić information content (AvgIpc) is 3.14. The van der Waals surface area contributed by atoms with Gasteiger partial charge in [0.05, 0.1) is 0 Å². The van der Waals surface area contributed by atoms with E-state index in [4.69, 9.17) is 5.11 Å². The molecule has 1 aromatic heterocycles. The predicted octanol–water partition coefficient (Wildman–Crippen LogP) is 2.05. The van der Waals surface area contributed by atoms with Crippen molar-refractivity contribution in [1.29, 1.82) is 0 Å². The Morgan fingerprint density at radius 2 is 2.39 bits per heavy atom. The van der Waals surface area contributed by atoms with Crippen LogP contribution in [0, 0.1) is 0 Å². The molecule has 2 N–H and O–H groups in total. The van der Waals surface area contributed by atoms with Gasteiger partial charge in [-0.3, -0.25) is 0 Å². The number of likely N-dealkylation sites (N-methyl/N-ethyl adjacent to an activating group) is 1. The monoisotopic (exact) mass is 313 g/mol. The third-order valence-electron chi connectivity index (χ3n) is 3.01. The van der Waals surface area contributed by atoms with E-state index in [0.29, 0.717) is 22.9 Å². The Labute approximate surface area is 114 Å². The molecule has 0 amide bonds. The summed E-state index contributed by atoms with van der Waals surface area (Å²) in [4.78, 5) is 17.5. The number of anilines is 1. The fraction of sp³-hybridized carbons (Fsp3) is 0.500. The Morgan fingerprint density at radius 3 is 3.00 bits per heavy atom. The molecule has 2 rings (SSSR count). The number of carboxylic acid groups (broad SMARTS) is 1. The molecule has 98 valence electrons. The van der Waals surface area contributed by atoms with Crippen molar-refractivity contribution < 1.29 is 9.90 Å². The first-order valence-electron chi connectivity index (χ1n) is 5.91. The highest BCUT2D eigenvalue weighted by molar-refractivity contribution is 9.10. The van der Waals surface area contributed by atoms with Crippen LogP contribution >= 0.6 is 15.9 Å². The molecular weight excluding hydrogens is 298 g/mol. The third kappa shape index (κ3) is 3.43. The van der Waals surface area contributed by atoms with Crippen LogP contribution in [0.25, 0.3) is 0 Å². The maximum absolute atomic E-state index is 11.1. The molecule has 0 atom stereocenters. The summed E-state index contributed by atoms with van der Waals surface area (Å²) in [6, 6.07) is 2.27. The van der Waals surface area contributed by atoms with Gasteiger partial charge in [-0.1, -0.05) is 0 Å². The number of carboxylic acids is 1. The lowest BCUT2D eigenvalue weighted by Gasteiger charge is -2.16. The number of pyridine rings is 1. The quantitative estimate of drug-likeness (QED) is 0.841. The number of halogens is 1. The normalized spacial score (nSPS) is 14.8. The van der Waals surface area contributed by atoms with Crippen molar-refractivity contribution in [1.82, 2.24) is 9.88 Å². The van der Waals surface area contributed by atoms with E-state index in [9.17, 15) is 4.79 Å². The molecule has 5 nitrogen and oxygen atoms in total. The molecule has 1 saturated carbocycles. The highest BCUT2D eigenvalue weighted by Gasteiger charge is 2.25. The van der Waals surface area contributed by atoms with E-state index >= 15 is 0 Å². The number of hydrogen-bond donors (Lipinski definition) is 2. The Kier molecular flexibility index (Phi) is 4.19. The van der Waals surface area contributed by atoms with Gasteiger partial charge in [-0.2, -0.15) is 0 Å². The van der Waals surface area contributed by atoms with Crippen molar-refractivity contribution in [3.05, 3.63) is 22.3 Å². The highest BCUT2D eigenvalue weighted by Crippen LogP contribution is 2.25. The molecule has 0 unspecified atom stereocenters. The molecule has 6 heteroatoms. The predicted molar refractivity (Wildman–Crippen MR) is 73.0 cm³/mol. The van der Waals surface area contributed by atoms with Crippen LogP contribution < -0.4 is 5.32 Å². The molecular formula is C12H16BrN3O2. The van der Waals surface area contributed by atoms with Crippen molar-refractivity contribution in [2.75, 3.05) is 25.5 Å². The molecule has 1 fully saturated rings. The van der Waals surface area contributed by atoms with Gasteiger partial charge in [0, 0.05) is 29.8 Å². The van der Waals surface area contributed by atoms with Gasteiger partial charge >= 0.3 is 5.97 Å². The number of rotatable bonds is 6. The first-order chi connectivity index (χ1) is 8.58. The van der Waals surface area contributed by atoms with Crippen LogP contribution in [0.1, 0.15) is 23.2 Å². The Balaban J connectivity index is 1.93. The molecule has 1 heterocycles. The summed E-state index contributed by atoms with van der Waals surface area (Å²) in [7, 11) is 2.09. The topological polar surface area (TPSA) is 65.5 Å². The molecule has 0 spiro atoms. The molecule has 1 aliphatic rings. The van der Waals surface area contributed by atoms with Crippen LogP contribution in [0.2, 0.25) is 0 Å². The average molecular weight is 314 g/mol. The first-order valence-corrected chi connectivity index (χ1v) is 6.70. The standard InChI is InChI=1S/C12H16BrN3O2/c1-16(9-2-3-9)5-4-14-11-10(12(17)18)6-8(13)7-15-11/h6-7,9H,2-5H2,1H3,(H,14,15)(H,17,18). The number of aromatic nitrogens is 1. The van der Waals surface area contributed by atoms with E-state index in [1.165, 1.54) is 12.8 Å². The largest absolute Gasteiger partial charge is 0.478 e. The van der Waals surface area contributed by atoms with Crippen LogP contribution in [-0.2, 0) is 0 Å². The lowest BCUT2D eigenvalue weighted by atomic mass is 10.2. The summed E-state index contributed by atoms with van der Waals surface area (Å²) in [5.74, 6) is -0.545. The first kappa shape index (κ1) is 13.3. The molecule has 0 aromatic carbocycles. The summed E-state index contributed by atoms with van der Waals surface area (Å²) in [6.45, 7) is 1.59. The second-order valence-corrected chi connectivity index (χ2v) is 5.41. The van der Waals surface area contributed by atoms with Crippen molar-refractivity contribution >= 4 is 27.7 Å². The maximum atomic E-state index is 11.1. The van der Waals surface area contributed by atoms with Gasteiger partial charge in [-0.15, -0.1) is 0 Å². The molecule has 18 heavy (non-hydrogen) atoms. The minimum absolute atomic E-state index is 0.193. The van der Waals surface area contributed by atoms with Gasteiger partial charge in [0.1, 0.15) is 11.4 Å². The summed E-state index contributed by atoms with van der Waals surface area (Å²) >= 11 is 3.22. The fourth-order valence-electron chi connectivity index (χ4n) is 1.79. The number of aromatic carboxylic acids is 1. The van der Waals surface area contributed by atoms with E-state index in [0.717, 1.165) is 6.54 Å². The number of carbonyl (C=O) groups is 1. The number of hydrogen-bond acceptors (Lipinski definition) is 4. The molecule has 0 bridgehead atoms. The Hall–Kier alpha value is -1.14. The van der Waals surface area contributed by atoms with Gasteiger partial charge in [0.15, 0.2) is 0 Å².